The van der Waals surface area contributed by atoms with E-state index in [1.54, 1.807) is 6.07 Å². The van der Waals surface area contributed by atoms with Crippen LogP contribution in [0.5, 0.6) is 0 Å². The van der Waals surface area contributed by atoms with Gasteiger partial charge < -0.3 is 0 Å². The van der Waals surface area contributed by atoms with Gasteiger partial charge in [-0.1, -0.05) is 0 Å². The van der Waals surface area contributed by atoms with E-state index in [4.69, 9.17) is 0 Å². The number of fused-ring (bicyclic) bond motifs is 1. The second-order valence-corrected chi connectivity index (χ2v) is 2.27. The molecule has 0 saturated carbocycles. The Morgan fingerprint density at radius 3 is 2.83 bits per heavy atom. The van der Waals surface area contributed by atoms with Gasteiger partial charge in [-0.3, -0.25) is 0 Å². The minimum Gasteiger partial charge on any atom is -0.237 e. The Labute approximate surface area is 66.7 Å². The van der Waals surface area contributed by atoms with E-state index in [2.05, 4.69) is 10.1 Å². The Morgan fingerprint density at radius 1 is 1.25 bits per heavy atom. The van der Waals surface area contributed by atoms with Crippen LogP contribution in [0.1, 0.15) is 12.1 Å². The smallest absolute Gasteiger partial charge is 0.237 e. The second-order valence-electron chi connectivity index (χ2n) is 2.27. The zero-order chi connectivity index (χ0) is 8.55. The summed E-state index contributed by atoms with van der Waals surface area (Å²) >= 11 is 0. The van der Waals surface area contributed by atoms with Crippen molar-refractivity contribution in [3.8, 4) is 0 Å². The van der Waals surface area contributed by atoms with Crippen LogP contribution in [0.15, 0.2) is 24.5 Å². The molecule has 0 unspecified atom stereocenters. The molecular formula is C7H5F2N3. The van der Waals surface area contributed by atoms with Gasteiger partial charge in [0.15, 0.2) is 5.65 Å². The lowest BCUT2D eigenvalue weighted by molar-refractivity contribution is 0.143. The molecule has 0 aliphatic carbocycles. The van der Waals surface area contributed by atoms with Crippen LogP contribution in [0, 0.1) is 0 Å². The van der Waals surface area contributed by atoms with Crippen molar-refractivity contribution in [1.29, 1.82) is 0 Å². The fourth-order valence-electron chi connectivity index (χ4n) is 1.02. The van der Waals surface area contributed by atoms with Crippen LogP contribution in [0.4, 0.5) is 8.78 Å². The van der Waals surface area contributed by atoms with Crippen LogP contribution in [-0.2, 0) is 0 Å². The van der Waals surface area contributed by atoms with E-state index in [0.29, 0.717) is 5.65 Å². The molecule has 0 aromatic carbocycles. The molecule has 0 radical (unpaired) electrons. The first-order valence-electron chi connectivity index (χ1n) is 3.36. The fourth-order valence-corrected chi connectivity index (χ4v) is 1.02. The van der Waals surface area contributed by atoms with Crippen molar-refractivity contribution in [2.75, 3.05) is 0 Å². The summed E-state index contributed by atoms with van der Waals surface area (Å²) in [6.45, 7) is 0. The SMILES string of the molecule is FC(F)c1ccnc2ccnn12. The van der Waals surface area contributed by atoms with Crippen molar-refractivity contribution in [2.45, 2.75) is 6.43 Å². The third-order valence-corrected chi connectivity index (χ3v) is 1.54. The van der Waals surface area contributed by atoms with Crippen molar-refractivity contribution in [3.05, 3.63) is 30.2 Å². The predicted octanol–water partition coefficient (Wildman–Crippen LogP) is 1.67. The molecule has 0 saturated heterocycles. The number of hydrogen-bond donors (Lipinski definition) is 0. The van der Waals surface area contributed by atoms with Crippen molar-refractivity contribution in [3.63, 3.8) is 0 Å². The van der Waals surface area contributed by atoms with E-state index >= 15 is 0 Å². The van der Waals surface area contributed by atoms with Crippen LogP contribution in [0.2, 0.25) is 0 Å². The summed E-state index contributed by atoms with van der Waals surface area (Å²) in [6, 6.07) is 2.83. The molecule has 0 N–H and O–H groups in total. The van der Waals surface area contributed by atoms with Gasteiger partial charge in [-0.15, -0.1) is 0 Å². The van der Waals surface area contributed by atoms with Crippen LogP contribution in [0.3, 0.4) is 0 Å². The molecule has 0 fully saturated rings. The maximum atomic E-state index is 12.3. The highest BCUT2D eigenvalue weighted by Gasteiger charge is 2.11. The standard InChI is InChI=1S/C7H5F2N3/c8-7(9)5-1-3-10-6-2-4-11-12(5)6/h1-4,7H. The van der Waals surface area contributed by atoms with Gasteiger partial charge in [-0.25, -0.2) is 18.3 Å². The molecule has 0 amide bonds. The maximum absolute atomic E-state index is 12.3. The molecule has 2 heterocycles. The van der Waals surface area contributed by atoms with Gasteiger partial charge >= 0.3 is 0 Å². The molecule has 0 aliphatic heterocycles. The maximum Gasteiger partial charge on any atom is 0.280 e. The molecule has 2 aromatic heterocycles. The molecular weight excluding hydrogens is 164 g/mol. The first-order chi connectivity index (χ1) is 5.79. The highest BCUT2D eigenvalue weighted by molar-refractivity contribution is 5.36. The zero-order valence-electron chi connectivity index (χ0n) is 5.98. The molecule has 5 heteroatoms. The minimum atomic E-state index is -2.52. The van der Waals surface area contributed by atoms with Gasteiger partial charge in [0, 0.05) is 12.3 Å². The minimum absolute atomic E-state index is 0.134. The molecule has 0 aliphatic rings. The monoisotopic (exact) mass is 169 g/mol. The predicted molar refractivity (Wildman–Crippen MR) is 37.9 cm³/mol. The van der Waals surface area contributed by atoms with E-state index < -0.39 is 6.43 Å². The van der Waals surface area contributed by atoms with Crippen molar-refractivity contribution in [2.24, 2.45) is 0 Å². The van der Waals surface area contributed by atoms with Crippen LogP contribution in [0.25, 0.3) is 5.65 Å². The lowest BCUT2D eigenvalue weighted by Gasteiger charge is -2.00. The topological polar surface area (TPSA) is 30.2 Å². The lowest BCUT2D eigenvalue weighted by atomic mass is 10.4. The summed E-state index contributed by atoms with van der Waals surface area (Å²) in [5, 5.41) is 3.71. The van der Waals surface area contributed by atoms with Gasteiger partial charge in [-0.2, -0.15) is 5.10 Å². The molecule has 2 aromatic rings. The third kappa shape index (κ3) is 0.939. The molecule has 62 valence electrons. The van der Waals surface area contributed by atoms with Gasteiger partial charge in [0.05, 0.1) is 6.20 Å². The van der Waals surface area contributed by atoms with E-state index in [9.17, 15) is 8.78 Å². The summed E-state index contributed by atoms with van der Waals surface area (Å²) < 4.78 is 25.7. The lowest BCUT2D eigenvalue weighted by Crippen LogP contribution is -1.99. The normalized spacial score (nSPS) is 11.2. The molecule has 0 bridgehead atoms. The molecule has 0 atom stereocenters. The van der Waals surface area contributed by atoms with Gasteiger partial charge in [-0.05, 0) is 6.07 Å². The Hall–Kier alpha value is -1.52. The van der Waals surface area contributed by atoms with E-state index in [1.807, 2.05) is 0 Å². The summed E-state index contributed by atoms with van der Waals surface area (Å²) in [5.41, 5.74) is 0.304. The van der Waals surface area contributed by atoms with Crippen LogP contribution in [-0.4, -0.2) is 14.6 Å². The van der Waals surface area contributed by atoms with Gasteiger partial charge in [0.2, 0.25) is 0 Å². The summed E-state index contributed by atoms with van der Waals surface area (Å²) in [6.07, 6.45) is 0.266. The zero-order valence-corrected chi connectivity index (χ0v) is 5.98. The Balaban J connectivity index is 2.73. The summed E-state index contributed by atoms with van der Waals surface area (Å²) in [7, 11) is 0. The molecule has 3 nitrogen and oxygen atoms in total. The summed E-state index contributed by atoms with van der Waals surface area (Å²) in [5.74, 6) is 0. The molecule has 12 heavy (non-hydrogen) atoms. The van der Waals surface area contributed by atoms with Crippen molar-refractivity contribution in [1.82, 2.24) is 14.6 Å². The second kappa shape index (κ2) is 2.51. The third-order valence-electron chi connectivity index (χ3n) is 1.54. The van der Waals surface area contributed by atoms with E-state index in [-0.39, 0.29) is 5.69 Å². The summed E-state index contributed by atoms with van der Waals surface area (Å²) in [4.78, 5) is 3.85. The van der Waals surface area contributed by atoms with E-state index in [1.165, 1.54) is 18.5 Å². The first kappa shape index (κ1) is 7.15. The number of nitrogens with zero attached hydrogens (tertiary/aromatic N) is 3. The number of rotatable bonds is 1. The largest absolute Gasteiger partial charge is 0.280 e. The van der Waals surface area contributed by atoms with Crippen molar-refractivity contribution < 1.29 is 8.78 Å². The Kier molecular flexibility index (Phi) is 1.49. The number of hydrogen-bond acceptors (Lipinski definition) is 2. The van der Waals surface area contributed by atoms with Crippen LogP contribution >= 0.6 is 0 Å². The molecule has 2 rings (SSSR count). The number of aromatic nitrogens is 3. The highest BCUT2D eigenvalue weighted by Crippen LogP contribution is 2.17. The van der Waals surface area contributed by atoms with Crippen molar-refractivity contribution >= 4 is 5.65 Å². The quantitative estimate of drug-likeness (QED) is 0.649. The average molecular weight is 169 g/mol. The van der Waals surface area contributed by atoms with E-state index in [0.717, 1.165) is 4.52 Å². The highest BCUT2D eigenvalue weighted by atomic mass is 19.3. The Morgan fingerprint density at radius 2 is 2.08 bits per heavy atom. The first-order valence-corrected chi connectivity index (χ1v) is 3.36. The number of alkyl halides is 2. The van der Waals surface area contributed by atoms with Gasteiger partial charge in [0.1, 0.15) is 5.69 Å². The van der Waals surface area contributed by atoms with Gasteiger partial charge in [0.25, 0.3) is 6.43 Å². The van der Waals surface area contributed by atoms with Crippen LogP contribution < -0.4 is 0 Å². The number of halogens is 2. The Bertz CT molecular complexity index is 396. The molecule has 0 spiro atoms. The fraction of sp³-hybridized carbons (Fsp3) is 0.143. The average Bonchev–Trinajstić information content (AvgIpc) is 2.49.